The molecule has 2 aliphatic carbocycles. The van der Waals surface area contributed by atoms with Crippen LogP contribution in [0.3, 0.4) is 0 Å². The molecule has 0 spiro atoms. The molecule has 2 aromatic heterocycles. The molecule has 0 aromatic carbocycles. The van der Waals surface area contributed by atoms with Gasteiger partial charge in [-0.05, 0) is 37.8 Å². The van der Waals surface area contributed by atoms with Crippen LogP contribution in [-0.4, -0.2) is 33.8 Å². The molecule has 1 N–H and O–H groups in total. The van der Waals surface area contributed by atoms with E-state index in [1.165, 1.54) is 12.5 Å². The van der Waals surface area contributed by atoms with Gasteiger partial charge in [-0.25, -0.2) is 4.98 Å². The molecule has 23 heavy (non-hydrogen) atoms. The van der Waals surface area contributed by atoms with Crippen LogP contribution >= 0.6 is 0 Å². The van der Waals surface area contributed by atoms with Crippen LogP contribution in [0.25, 0.3) is 0 Å². The van der Waals surface area contributed by atoms with Crippen molar-refractivity contribution in [3.05, 3.63) is 42.0 Å². The number of aromatic nitrogens is 1. The van der Waals surface area contributed by atoms with Gasteiger partial charge in [-0.3, -0.25) is 9.59 Å². The predicted octanol–water partition coefficient (Wildman–Crippen LogP) is 1.96. The van der Waals surface area contributed by atoms with Crippen LogP contribution in [0.2, 0.25) is 0 Å². The lowest BCUT2D eigenvalue weighted by atomic mass is 10.3. The van der Waals surface area contributed by atoms with Gasteiger partial charge in [0.25, 0.3) is 11.8 Å². The molecule has 0 saturated heterocycles. The Morgan fingerprint density at radius 2 is 2.09 bits per heavy atom. The van der Waals surface area contributed by atoms with Crippen molar-refractivity contribution in [2.75, 3.05) is 0 Å². The van der Waals surface area contributed by atoms with E-state index in [1.54, 1.807) is 17.0 Å². The number of carbonyl (C=O) groups excluding carboxylic acids is 2. The van der Waals surface area contributed by atoms with Crippen molar-refractivity contribution >= 4 is 11.8 Å². The first-order chi connectivity index (χ1) is 11.2. The first-order valence-electron chi connectivity index (χ1n) is 7.80. The van der Waals surface area contributed by atoms with E-state index >= 15 is 0 Å². The molecule has 7 nitrogen and oxygen atoms in total. The van der Waals surface area contributed by atoms with Crippen LogP contribution in [0.1, 0.15) is 52.6 Å². The number of oxazole rings is 1. The van der Waals surface area contributed by atoms with E-state index in [0.29, 0.717) is 11.7 Å². The highest BCUT2D eigenvalue weighted by molar-refractivity contribution is 5.92. The number of hydrogen-bond donors (Lipinski definition) is 1. The lowest BCUT2D eigenvalue weighted by molar-refractivity contribution is 0.0681. The summed E-state index contributed by atoms with van der Waals surface area (Å²) in [6.45, 7) is 0.237. The Bertz CT molecular complexity index is 714. The highest BCUT2D eigenvalue weighted by Gasteiger charge is 2.35. The molecule has 2 aromatic rings. The van der Waals surface area contributed by atoms with Crippen LogP contribution in [-0.2, 0) is 6.54 Å². The van der Waals surface area contributed by atoms with Crippen LogP contribution in [0.15, 0.2) is 33.5 Å². The van der Waals surface area contributed by atoms with Gasteiger partial charge in [-0.2, -0.15) is 0 Å². The third-order valence-electron chi connectivity index (χ3n) is 3.98. The SMILES string of the molecule is O=C(NC1CC1)c1coc(CN(C(=O)c2ccco2)C2CC2)n1. The zero-order valence-electron chi connectivity index (χ0n) is 12.5. The van der Waals surface area contributed by atoms with Crippen LogP contribution in [0, 0.1) is 0 Å². The summed E-state index contributed by atoms with van der Waals surface area (Å²) in [5.41, 5.74) is 0.257. The van der Waals surface area contributed by atoms with Crippen molar-refractivity contribution in [3.63, 3.8) is 0 Å². The normalized spacial score (nSPS) is 17.0. The van der Waals surface area contributed by atoms with Crippen molar-refractivity contribution in [2.45, 2.75) is 44.3 Å². The molecule has 0 bridgehead atoms. The summed E-state index contributed by atoms with van der Waals surface area (Å²) in [5, 5.41) is 2.86. The number of nitrogens with zero attached hydrogens (tertiary/aromatic N) is 2. The number of carbonyl (C=O) groups is 2. The minimum Gasteiger partial charge on any atom is -0.459 e. The molecule has 2 fully saturated rings. The lowest BCUT2D eigenvalue weighted by Crippen LogP contribution is -2.32. The quantitative estimate of drug-likeness (QED) is 0.880. The Labute approximate surface area is 132 Å². The molecule has 120 valence electrons. The molecule has 0 aliphatic heterocycles. The van der Waals surface area contributed by atoms with Gasteiger partial charge in [-0.1, -0.05) is 0 Å². The van der Waals surface area contributed by atoms with Crippen molar-refractivity contribution in [2.24, 2.45) is 0 Å². The average Bonchev–Trinajstić information content (AvgIpc) is 3.45. The largest absolute Gasteiger partial charge is 0.459 e. The predicted molar refractivity (Wildman–Crippen MR) is 78.6 cm³/mol. The molecule has 2 heterocycles. The fraction of sp³-hybridized carbons (Fsp3) is 0.438. The number of rotatable bonds is 6. The van der Waals surface area contributed by atoms with E-state index < -0.39 is 0 Å². The molecule has 0 unspecified atom stereocenters. The zero-order chi connectivity index (χ0) is 15.8. The standard InChI is InChI=1S/C16H17N3O4/c20-15(17-10-3-4-10)12-9-23-14(18-12)8-19(11-5-6-11)16(21)13-2-1-7-22-13/h1-2,7,9-11H,3-6,8H2,(H,17,20). The topological polar surface area (TPSA) is 88.6 Å². The van der Waals surface area contributed by atoms with Gasteiger partial charge in [0, 0.05) is 12.1 Å². The molecule has 7 heteroatoms. The molecular formula is C16H17N3O4. The highest BCUT2D eigenvalue weighted by atomic mass is 16.3. The first kappa shape index (κ1) is 14.0. The highest BCUT2D eigenvalue weighted by Crippen LogP contribution is 2.30. The summed E-state index contributed by atoms with van der Waals surface area (Å²) < 4.78 is 10.5. The summed E-state index contributed by atoms with van der Waals surface area (Å²) in [7, 11) is 0. The average molecular weight is 315 g/mol. The van der Waals surface area contributed by atoms with Crippen molar-refractivity contribution in [1.29, 1.82) is 0 Å². The van der Waals surface area contributed by atoms with Gasteiger partial charge in [-0.15, -0.1) is 0 Å². The summed E-state index contributed by atoms with van der Waals surface area (Å²) in [5.74, 6) is 0.255. The lowest BCUT2D eigenvalue weighted by Gasteiger charge is -2.19. The van der Waals surface area contributed by atoms with Crippen LogP contribution < -0.4 is 5.32 Å². The van der Waals surface area contributed by atoms with Gasteiger partial charge < -0.3 is 19.1 Å². The van der Waals surface area contributed by atoms with Gasteiger partial charge in [0.15, 0.2) is 11.5 Å². The van der Waals surface area contributed by atoms with Gasteiger partial charge in [0.1, 0.15) is 6.26 Å². The summed E-state index contributed by atoms with van der Waals surface area (Å²) in [6.07, 6.45) is 6.77. The van der Waals surface area contributed by atoms with Crippen molar-refractivity contribution in [1.82, 2.24) is 15.2 Å². The first-order valence-corrected chi connectivity index (χ1v) is 7.80. The number of amides is 2. The monoisotopic (exact) mass is 315 g/mol. The fourth-order valence-electron chi connectivity index (χ4n) is 2.42. The van der Waals surface area contributed by atoms with E-state index in [2.05, 4.69) is 10.3 Å². The number of hydrogen-bond acceptors (Lipinski definition) is 5. The van der Waals surface area contributed by atoms with E-state index in [0.717, 1.165) is 25.7 Å². The second kappa shape index (κ2) is 5.57. The third kappa shape index (κ3) is 3.13. The van der Waals surface area contributed by atoms with E-state index in [4.69, 9.17) is 8.83 Å². The summed E-state index contributed by atoms with van der Waals surface area (Å²) >= 11 is 0. The Balaban J connectivity index is 1.45. The van der Waals surface area contributed by atoms with Crippen LogP contribution in [0.5, 0.6) is 0 Å². The van der Waals surface area contributed by atoms with Gasteiger partial charge >= 0.3 is 0 Å². The maximum Gasteiger partial charge on any atom is 0.290 e. The summed E-state index contributed by atoms with van der Waals surface area (Å²) in [4.78, 5) is 30.3. The Morgan fingerprint density at radius 3 is 2.74 bits per heavy atom. The molecule has 0 atom stereocenters. The van der Waals surface area contributed by atoms with E-state index in [9.17, 15) is 9.59 Å². The second-order valence-corrected chi connectivity index (χ2v) is 6.02. The van der Waals surface area contributed by atoms with Gasteiger partial charge in [0.2, 0.25) is 5.89 Å². The molecular weight excluding hydrogens is 298 g/mol. The summed E-state index contributed by atoms with van der Waals surface area (Å²) in [6, 6.07) is 3.78. The van der Waals surface area contributed by atoms with Crippen molar-refractivity contribution < 1.29 is 18.4 Å². The number of furan rings is 1. The van der Waals surface area contributed by atoms with Crippen LogP contribution in [0.4, 0.5) is 0 Å². The Morgan fingerprint density at radius 1 is 1.26 bits per heavy atom. The smallest absolute Gasteiger partial charge is 0.290 e. The molecule has 4 rings (SSSR count). The zero-order valence-corrected chi connectivity index (χ0v) is 12.5. The minimum absolute atomic E-state index is 0.181. The maximum atomic E-state index is 12.5. The van der Waals surface area contributed by atoms with E-state index in [-0.39, 0.29) is 36.1 Å². The third-order valence-corrected chi connectivity index (χ3v) is 3.98. The second-order valence-electron chi connectivity index (χ2n) is 6.02. The molecule has 2 saturated carbocycles. The molecule has 0 radical (unpaired) electrons. The Kier molecular flexibility index (Phi) is 3.40. The molecule has 2 aliphatic rings. The minimum atomic E-state index is -0.224. The maximum absolute atomic E-state index is 12.5. The fourth-order valence-corrected chi connectivity index (χ4v) is 2.42. The van der Waals surface area contributed by atoms with E-state index in [1.807, 2.05) is 0 Å². The Hall–Kier alpha value is -2.57. The van der Waals surface area contributed by atoms with Crippen molar-refractivity contribution in [3.8, 4) is 0 Å². The van der Waals surface area contributed by atoms with Gasteiger partial charge in [0.05, 0.1) is 12.8 Å². The molecule has 2 amide bonds. The number of nitrogens with one attached hydrogen (secondary N) is 1.